The predicted octanol–water partition coefficient (Wildman–Crippen LogP) is 4.61. The number of carbonyl (C=O) groups is 1. The molecule has 0 fully saturated rings. The van der Waals surface area contributed by atoms with Gasteiger partial charge in [-0.25, -0.2) is 9.78 Å². The van der Waals surface area contributed by atoms with Crippen LogP contribution < -0.4 is 0 Å². The zero-order chi connectivity index (χ0) is 14.3. The number of nitrogens with zero attached hydrogens (tertiary/aromatic N) is 1. The van der Waals surface area contributed by atoms with Crippen molar-refractivity contribution in [2.75, 3.05) is 0 Å². The fraction of sp³-hybridized carbons (Fsp3) is 0. The second-order valence-electron chi connectivity index (χ2n) is 4.13. The largest absolute Gasteiger partial charge is 0.478 e. The number of oxazole rings is 1. The quantitative estimate of drug-likeness (QED) is 0.731. The van der Waals surface area contributed by atoms with Crippen molar-refractivity contribution in [2.24, 2.45) is 0 Å². The molecule has 6 heteroatoms. The lowest BCUT2D eigenvalue weighted by atomic mass is 10.2. The third kappa shape index (κ3) is 2.30. The van der Waals surface area contributed by atoms with Crippen molar-refractivity contribution in [3.8, 4) is 11.5 Å². The maximum atomic E-state index is 10.9. The van der Waals surface area contributed by atoms with Gasteiger partial charge in [0.15, 0.2) is 5.58 Å². The van der Waals surface area contributed by atoms with Gasteiger partial charge in [-0.15, -0.1) is 0 Å². The van der Waals surface area contributed by atoms with Gasteiger partial charge >= 0.3 is 5.97 Å². The number of aromatic nitrogens is 1. The number of benzene rings is 2. The molecule has 1 N–H and O–H groups in total. The van der Waals surface area contributed by atoms with Gasteiger partial charge < -0.3 is 9.52 Å². The van der Waals surface area contributed by atoms with Crippen molar-refractivity contribution >= 4 is 44.6 Å². The lowest BCUT2D eigenvalue weighted by Crippen LogP contribution is -1.94. The van der Waals surface area contributed by atoms with Gasteiger partial charge in [0, 0.05) is 9.50 Å². The van der Waals surface area contributed by atoms with Crippen LogP contribution in [0.25, 0.3) is 22.6 Å². The van der Waals surface area contributed by atoms with Gasteiger partial charge in [-0.3, -0.25) is 0 Å². The van der Waals surface area contributed by atoms with Gasteiger partial charge in [0.05, 0.1) is 11.1 Å². The van der Waals surface area contributed by atoms with Gasteiger partial charge in [0.25, 0.3) is 0 Å². The molecule has 0 amide bonds. The van der Waals surface area contributed by atoms with Crippen molar-refractivity contribution in [1.29, 1.82) is 0 Å². The first kappa shape index (κ1) is 13.1. The van der Waals surface area contributed by atoms with Crippen LogP contribution in [-0.4, -0.2) is 16.1 Å². The van der Waals surface area contributed by atoms with E-state index >= 15 is 0 Å². The van der Waals surface area contributed by atoms with Crippen molar-refractivity contribution in [3.05, 3.63) is 51.5 Å². The molecule has 3 aromatic rings. The molecule has 0 aliphatic carbocycles. The number of hydrogen-bond donors (Lipinski definition) is 1. The third-order valence-electron chi connectivity index (χ3n) is 2.79. The molecule has 100 valence electrons. The van der Waals surface area contributed by atoms with E-state index in [2.05, 4.69) is 20.9 Å². The molecule has 0 atom stereocenters. The van der Waals surface area contributed by atoms with E-state index < -0.39 is 5.97 Å². The Morgan fingerprint density at radius 2 is 2.05 bits per heavy atom. The molecule has 1 heterocycles. The highest BCUT2D eigenvalue weighted by molar-refractivity contribution is 9.10. The first-order valence-corrected chi connectivity index (χ1v) is 6.81. The fourth-order valence-corrected chi connectivity index (χ4v) is 2.42. The summed E-state index contributed by atoms with van der Waals surface area (Å²) in [5.41, 5.74) is 1.89. The van der Waals surface area contributed by atoms with E-state index in [-0.39, 0.29) is 5.56 Å². The smallest absolute Gasteiger partial charge is 0.335 e. The lowest BCUT2D eigenvalue weighted by molar-refractivity contribution is 0.0697. The van der Waals surface area contributed by atoms with Gasteiger partial charge in [0.2, 0.25) is 5.89 Å². The Morgan fingerprint density at radius 1 is 1.25 bits per heavy atom. The number of aromatic carboxylic acids is 1. The van der Waals surface area contributed by atoms with Gasteiger partial charge in [-0.1, -0.05) is 11.6 Å². The Morgan fingerprint density at radius 3 is 2.80 bits per heavy atom. The highest BCUT2D eigenvalue weighted by Crippen LogP contribution is 2.32. The van der Waals surface area contributed by atoms with Crippen LogP contribution in [0.4, 0.5) is 0 Å². The Hall–Kier alpha value is -1.85. The van der Waals surface area contributed by atoms with E-state index in [9.17, 15) is 4.79 Å². The molecular formula is C14H7BrClNO3. The Balaban J connectivity index is 2.17. The maximum absolute atomic E-state index is 10.9. The van der Waals surface area contributed by atoms with Crippen LogP contribution in [-0.2, 0) is 0 Å². The molecule has 0 spiro atoms. The normalized spacial score (nSPS) is 10.9. The van der Waals surface area contributed by atoms with Crippen LogP contribution in [0.2, 0.25) is 5.02 Å². The minimum atomic E-state index is -1.01. The van der Waals surface area contributed by atoms with E-state index in [0.717, 1.165) is 4.47 Å². The number of fused-ring (bicyclic) bond motifs is 1. The van der Waals surface area contributed by atoms with Crippen molar-refractivity contribution < 1.29 is 14.3 Å². The summed E-state index contributed by atoms with van der Waals surface area (Å²) in [7, 11) is 0. The molecule has 1 aromatic heterocycles. The van der Waals surface area contributed by atoms with Gasteiger partial charge in [-0.05, 0) is 52.3 Å². The van der Waals surface area contributed by atoms with E-state index in [1.165, 1.54) is 12.1 Å². The van der Waals surface area contributed by atoms with Gasteiger partial charge in [0.1, 0.15) is 5.52 Å². The molecule has 3 rings (SSSR count). The summed E-state index contributed by atoms with van der Waals surface area (Å²) in [5, 5.41) is 9.53. The van der Waals surface area contributed by atoms with Crippen molar-refractivity contribution in [3.63, 3.8) is 0 Å². The first-order chi connectivity index (χ1) is 9.54. The van der Waals surface area contributed by atoms with E-state index in [1.807, 2.05) is 0 Å². The fourth-order valence-electron chi connectivity index (χ4n) is 1.83. The first-order valence-electron chi connectivity index (χ1n) is 5.64. The number of rotatable bonds is 2. The average Bonchev–Trinajstić information content (AvgIpc) is 2.83. The second-order valence-corrected chi connectivity index (χ2v) is 5.42. The van der Waals surface area contributed by atoms with Gasteiger partial charge in [-0.2, -0.15) is 0 Å². The summed E-state index contributed by atoms with van der Waals surface area (Å²) in [6.45, 7) is 0. The van der Waals surface area contributed by atoms with E-state index in [1.54, 1.807) is 24.3 Å². The Bertz CT molecular complexity index is 828. The highest BCUT2D eigenvalue weighted by Gasteiger charge is 2.13. The molecule has 0 bridgehead atoms. The SMILES string of the molecule is O=C(O)c1ccc2nc(-c3cc(Cl)ccc3Br)oc2c1. The van der Waals surface area contributed by atoms with Crippen LogP contribution in [0, 0.1) is 0 Å². The molecule has 0 saturated heterocycles. The summed E-state index contributed by atoms with van der Waals surface area (Å²) in [5.74, 6) is -0.620. The summed E-state index contributed by atoms with van der Waals surface area (Å²) in [4.78, 5) is 15.3. The summed E-state index contributed by atoms with van der Waals surface area (Å²) in [6, 6.07) is 9.84. The van der Waals surface area contributed by atoms with E-state index in [4.69, 9.17) is 21.1 Å². The standard InChI is InChI=1S/C14H7BrClNO3/c15-10-3-2-8(16)6-9(10)13-17-11-4-1-7(14(18)19)5-12(11)20-13/h1-6H,(H,18,19). The molecule has 0 aliphatic heterocycles. The minimum absolute atomic E-state index is 0.158. The molecule has 0 unspecified atom stereocenters. The summed E-state index contributed by atoms with van der Waals surface area (Å²) < 4.78 is 6.42. The average molecular weight is 353 g/mol. The number of halogens is 2. The van der Waals surface area contributed by atoms with Crippen molar-refractivity contribution in [1.82, 2.24) is 4.98 Å². The van der Waals surface area contributed by atoms with Crippen LogP contribution in [0.15, 0.2) is 45.3 Å². The monoisotopic (exact) mass is 351 g/mol. The molecule has 0 saturated carbocycles. The number of hydrogen-bond acceptors (Lipinski definition) is 3. The minimum Gasteiger partial charge on any atom is -0.478 e. The number of carboxylic acid groups (broad SMARTS) is 1. The molecule has 0 radical (unpaired) electrons. The summed E-state index contributed by atoms with van der Waals surface area (Å²) >= 11 is 9.37. The molecule has 2 aromatic carbocycles. The second kappa shape index (κ2) is 4.92. The van der Waals surface area contributed by atoms with Crippen molar-refractivity contribution in [2.45, 2.75) is 0 Å². The number of carboxylic acids is 1. The van der Waals surface area contributed by atoms with Crippen LogP contribution in [0.5, 0.6) is 0 Å². The maximum Gasteiger partial charge on any atom is 0.335 e. The van der Waals surface area contributed by atoms with Crippen LogP contribution in [0.3, 0.4) is 0 Å². The Labute approximate surface area is 127 Å². The third-order valence-corrected chi connectivity index (χ3v) is 3.72. The topological polar surface area (TPSA) is 63.3 Å². The summed E-state index contributed by atoms with van der Waals surface area (Å²) in [6.07, 6.45) is 0. The molecule has 4 nitrogen and oxygen atoms in total. The zero-order valence-corrected chi connectivity index (χ0v) is 12.3. The predicted molar refractivity (Wildman–Crippen MR) is 79.1 cm³/mol. The molecule has 0 aliphatic rings. The lowest BCUT2D eigenvalue weighted by Gasteiger charge is -1.99. The van der Waals surface area contributed by atoms with Crippen LogP contribution in [0.1, 0.15) is 10.4 Å². The Kier molecular flexibility index (Phi) is 3.23. The molecular weight excluding hydrogens is 346 g/mol. The van der Waals surface area contributed by atoms with Crippen LogP contribution >= 0.6 is 27.5 Å². The zero-order valence-electron chi connectivity index (χ0n) is 9.93. The van der Waals surface area contributed by atoms with E-state index in [0.29, 0.717) is 27.6 Å². The highest BCUT2D eigenvalue weighted by atomic mass is 79.9. The molecule has 20 heavy (non-hydrogen) atoms.